The van der Waals surface area contributed by atoms with E-state index in [4.69, 9.17) is 4.74 Å². The maximum Gasteiger partial charge on any atom is 0.123 e. The molecule has 18 heavy (non-hydrogen) atoms. The zero-order chi connectivity index (χ0) is 12.8. The molecule has 0 bridgehead atoms. The van der Waals surface area contributed by atoms with E-state index in [1.165, 1.54) is 10.4 Å². The Morgan fingerprint density at radius 3 is 2.78 bits per heavy atom. The lowest BCUT2D eigenvalue weighted by molar-refractivity contribution is 0.335. The zero-order valence-corrected chi connectivity index (χ0v) is 11.7. The molecule has 2 aromatic rings. The van der Waals surface area contributed by atoms with E-state index in [1.807, 2.05) is 19.1 Å². The van der Waals surface area contributed by atoms with Crippen LogP contribution in [-0.2, 0) is 6.54 Å². The average molecular weight is 261 g/mol. The van der Waals surface area contributed by atoms with Crippen LogP contribution in [0.2, 0.25) is 0 Å². The van der Waals surface area contributed by atoms with Crippen molar-refractivity contribution in [3.8, 4) is 5.75 Å². The summed E-state index contributed by atoms with van der Waals surface area (Å²) in [4.78, 5) is 1.36. The molecule has 0 spiro atoms. The van der Waals surface area contributed by atoms with Gasteiger partial charge in [-0.05, 0) is 31.4 Å². The lowest BCUT2D eigenvalue weighted by atomic mass is 10.2. The van der Waals surface area contributed by atoms with Gasteiger partial charge in [-0.2, -0.15) is 0 Å². The molecule has 0 fully saturated rings. The van der Waals surface area contributed by atoms with Crippen LogP contribution in [0.15, 0.2) is 41.8 Å². The zero-order valence-electron chi connectivity index (χ0n) is 10.8. The molecule has 1 heterocycles. The van der Waals surface area contributed by atoms with Crippen LogP contribution in [-0.4, -0.2) is 6.61 Å². The van der Waals surface area contributed by atoms with E-state index >= 15 is 0 Å². The first-order valence-corrected chi connectivity index (χ1v) is 7.16. The Morgan fingerprint density at radius 1 is 1.22 bits per heavy atom. The number of hydrogen-bond donors (Lipinski definition) is 1. The van der Waals surface area contributed by atoms with Crippen molar-refractivity contribution < 1.29 is 4.74 Å². The topological polar surface area (TPSA) is 21.3 Å². The summed E-state index contributed by atoms with van der Waals surface area (Å²) in [5, 5.41) is 5.64. The predicted molar refractivity (Wildman–Crippen MR) is 77.2 cm³/mol. The third-order valence-corrected chi connectivity index (χ3v) is 3.90. The summed E-state index contributed by atoms with van der Waals surface area (Å²) in [6, 6.07) is 12.8. The quantitative estimate of drug-likeness (QED) is 0.848. The van der Waals surface area contributed by atoms with Gasteiger partial charge in [0.25, 0.3) is 0 Å². The van der Waals surface area contributed by atoms with Crippen molar-refractivity contribution in [3.63, 3.8) is 0 Å². The number of benzene rings is 1. The van der Waals surface area contributed by atoms with Crippen LogP contribution in [0.1, 0.15) is 30.3 Å². The summed E-state index contributed by atoms with van der Waals surface area (Å²) in [5.41, 5.74) is 1.21. The highest BCUT2D eigenvalue weighted by molar-refractivity contribution is 7.10. The van der Waals surface area contributed by atoms with E-state index in [9.17, 15) is 0 Å². The van der Waals surface area contributed by atoms with Crippen LogP contribution >= 0.6 is 11.3 Å². The molecule has 0 aliphatic heterocycles. The van der Waals surface area contributed by atoms with E-state index in [-0.39, 0.29) is 0 Å². The van der Waals surface area contributed by atoms with Crippen LogP contribution in [0.25, 0.3) is 0 Å². The SMILES string of the molecule is CCOc1ccccc1CN[C@@H](C)c1cccs1. The highest BCUT2D eigenvalue weighted by atomic mass is 32.1. The highest BCUT2D eigenvalue weighted by Gasteiger charge is 2.07. The number of para-hydroxylation sites is 1. The molecule has 1 aromatic heterocycles. The molecular weight excluding hydrogens is 242 g/mol. The molecule has 0 radical (unpaired) electrons. The molecule has 3 heteroatoms. The Hall–Kier alpha value is -1.32. The molecule has 0 saturated carbocycles. The van der Waals surface area contributed by atoms with Crippen LogP contribution in [0.5, 0.6) is 5.75 Å². The molecule has 1 aromatic carbocycles. The van der Waals surface area contributed by atoms with Crippen molar-refractivity contribution in [1.82, 2.24) is 5.32 Å². The molecule has 1 N–H and O–H groups in total. The second-order valence-corrected chi connectivity index (χ2v) is 5.14. The van der Waals surface area contributed by atoms with Crippen LogP contribution in [0, 0.1) is 0 Å². The molecule has 1 atom stereocenters. The van der Waals surface area contributed by atoms with Crippen molar-refractivity contribution in [2.24, 2.45) is 0 Å². The van der Waals surface area contributed by atoms with Crippen molar-refractivity contribution in [2.45, 2.75) is 26.4 Å². The largest absolute Gasteiger partial charge is 0.494 e. The molecule has 2 nitrogen and oxygen atoms in total. The van der Waals surface area contributed by atoms with E-state index in [2.05, 4.69) is 41.9 Å². The van der Waals surface area contributed by atoms with Crippen molar-refractivity contribution in [3.05, 3.63) is 52.2 Å². The van der Waals surface area contributed by atoms with Crippen LogP contribution in [0.4, 0.5) is 0 Å². The smallest absolute Gasteiger partial charge is 0.123 e. The van der Waals surface area contributed by atoms with E-state index < -0.39 is 0 Å². The summed E-state index contributed by atoms with van der Waals surface area (Å²) in [6.45, 7) is 5.74. The predicted octanol–water partition coefficient (Wildman–Crippen LogP) is 4.00. The van der Waals surface area contributed by atoms with Gasteiger partial charge in [0.1, 0.15) is 5.75 Å². The first kappa shape index (κ1) is 13.1. The van der Waals surface area contributed by atoms with Crippen molar-refractivity contribution in [2.75, 3.05) is 6.61 Å². The molecule has 2 rings (SSSR count). The van der Waals surface area contributed by atoms with Gasteiger partial charge in [0.05, 0.1) is 6.61 Å². The molecule has 0 aliphatic rings. The second-order valence-electron chi connectivity index (χ2n) is 4.16. The van der Waals surface area contributed by atoms with Gasteiger partial charge in [-0.15, -0.1) is 11.3 Å². The van der Waals surface area contributed by atoms with E-state index in [0.29, 0.717) is 12.6 Å². The minimum atomic E-state index is 0.375. The first-order chi connectivity index (χ1) is 8.81. The molecule has 0 aliphatic carbocycles. The normalized spacial score (nSPS) is 12.3. The molecule has 96 valence electrons. The minimum Gasteiger partial charge on any atom is -0.494 e. The maximum atomic E-state index is 5.62. The highest BCUT2D eigenvalue weighted by Crippen LogP contribution is 2.21. The molecule has 0 saturated heterocycles. The lowest BCUT2D eigenvalue weighted by Gasteiger charge is -2.14. The summed E-state index contributed by atoms with van der Waals surface area (Å²) in [7, 11) is 0. The third-order valence-electron chi connectivity index (χ3n) is 2.84. The standard InChI is InChI=1S/C15H19NOS/c1-3-17-14-8-5-4-7-13(14)11-16-12(2)15-9-6-10-18-15/h4-10,12,16H,3,11H2,1-2H3/t12-/m0/s1. The van der Waals surface area contributed by atoms with Crippen LogP contribution < -0.4 is 10.1 Å². The van der Waals surface area contributed by atoms with Gasteiger partial charge in [-0.25, -0.2) is 0 Å². The van der Waals surface area contributed by atoms with E-state index in [1.54, 1.807) is 11.3 Å². The summed E-state index contributed by atoms with van der Waals surface area (Å²) < 4.78 is 5.62. The Morgan fingerprint density at radius 2 is 2.06 bits per heavy atom. The van der Waals surface area contributed by atoms with Gasteiger partial charge in [-0.1, -0.05) is 24.3 Å². The second kappa shape index (κ2) is 6.57. The van der Waals surface area contributed by atoms with Gasteiger partial charge in [0, 0.05) is 23.0 Å². The fraction of sp³-hybridized carbons (Fsp3) is 0.333. The number of hydrogen-bond acceptors (Lipinski definition) is 3. The summed E-state index contributed by atoms with van der Waals surface area (Å²) >= 11 is 1.79. The van der Waals surface area contributed by atoms with Crippen molar-refractivity contribution >= 4 is 11.3 Å². The summed E-state index contributed by atoms with van der Waals surface area (Å²) in [5.74, 6) is 0.978. The lowest BCUT2D eigenvalue weighted by Crippen LogP contribution is -2.17. The van der Waals surface area contributed by atoms with Crippen molar-refractivity contribution in [1.29, 1.82) is 0 Å². The Balaban J connectivity index is 1.97. The molecule has 0 amide bonds. The summed E-state index contributed by atoms with van der Waals surface area (Å²) in [6.07, 6.45) is 0. The number of thiophene rings is 1. The number of ether oxygens (including phenoxy) is 1. The number of rotatable bonds is 6. The minimum absolute atomic E-state index is 0.375. The van der Waals surface area contributed by atoms with Gasteiger partial charge < -0.3 is 10.1 Å². The van der Waals surface area contributed by atoms with Crippen LogP contribution in [0.3, 0.4) is 0 Å². The maximum absolute atomic E-state index is 5.62. The van der Waals surface area contributed by atoms with Gasteiger partial charge >= 0.3 is 0 Å². The van der Waals surface area contributed by atoms with Gasteiger partial charge in [0.2, 0.25) is 0 Å². The van der Waals surface area contributed by atoms with E-state index in [0.717, 1.165) is 12.3 Å². The number of nitrogens with one attached hydrogen (secondary N) is 1. The first-order valence-electron chi connectivity index (χ1n) is 6.28. The Bertz CT molecular complexity index is 467. The molecule has 0 unspecified atom stereocenters. The Kier molecular flexibility index (Phi) is 4.79. The monoisotopic (exact) mass is 261 g/mol. The molecular formula is C15H19NOS. The van der Waals surface area contributed by atoms with Gasteiger partial charge in [-0.3, -0.25) is 0 Å². The fourth-order valence-corrected chi connectivity index (χ4v) is 2.61. The third kappa shape index (κ3) is 3.34. The fourth-order valence-electron chi connectivity index (χ4n) is 1.85. The van der Waals surface area contributed by atoms with Gasteiger partial charge in [0.15, 0.2) is 0 Å². The average Bonchev–Trinajstić information content (AvgIpc) is 2.92. The Labute approximate surface area is 113 Å².